The topological polar surface area (TPSA) is 58.7 Å². The lowest BCUT2D eigenvalue weighted by Crippen LogP contribution is -2.21. The summed E-state index contributed by atoms with van der Waals surface area (Å²) >= 11 is 7.32. The molecule has 0 N–H and O–H groups in total. The molecule has 4 aromatic rings. The van der Waals surface area contributed by atoms with Gasteiger partial charge in [-0.2, -0.15) is 5.26 Å². The molecular formula is C22H13ClFN3OS. The van der Waals surface area contributed by atoms with Crippen LogP contribution in [0.3, 0.4) is 0 Å². The molecule has 0 aliphatic heterocycles. The van der Waals surface area contributed by atoms with Crippen LogP contribution in [0.1, 0.15) is 11.1 Å². The molecule has 0 unspecified atom stereocenters. The predicted octanol–water partition coefficient (Wildman–Crippen LogP) is 5.34. The van der Waals surface area contributed by atoms with Crippen molar-refractivity contribution in [3.63, 3.8) is 0 Å². The van der Waals surface area contributed by atoms with Crippen LogP contribution in [0.25, 0.3) is 16.6 Å². The first kappa shape index (κ1) is 19.2. The summed E-state index contributed by atoms with van der Waals surface area (Å²) in [5.74, 6) is -0.00481. The summed E-state index contributed by atoms with van der Waals surface area (Å²) in [5.41, 5.74) is 2.35. The van der Waals surface area contributed by atoms with Crippen LogP contribution in [0.5, 0.6) is 0 Å². The molecule has 0 atom stereocenters. The molecule has 0 saturated carbocycles. The number of nitriles is 1. The van der Waals surface area contributed by atoms with Crippen molar-refractivity contribution < 1.29 is 4.39 Å². The fraction of sp³-hybridized carbons (Fsp3) is 0.0455. The van der Waals surface area contributed by atoms with Gasteiger partial charge in [0.05, 0.1) is 33.2 Å². The molecule has 4 nitrogen and oxygen atoms in total. The van der Waals surface area contributed by atoms with E-state index in [1.807, 2.05) is 18.2 Å². The minimum atomic E-state index is -0.552. The second kappa shape index (κ2) is 8.08. The largest absolute Gasteiger partial charge is 0.268 e. The van der Waals surface area contributed by atoms with Crippen LogP contribution in [0.15, 0.2) is 76.7 Å². The highest BCUT2D eigenvalue weighted by molar-refractivity contribution is 7.98. The van der Waals surface area contributed by atoms with Gasteiger partial charge in [0.1, 0.15) is 5.82 Å². The number of thioether (sulfide) groups is 1. The Hall–Kier alpha value is -3.14. The van der Waals surface area contributed by atoms with Crippen molar-refractivity contribution in [1.29, 1.82) is 5.26 Å². The number of halogens is 2. The standard InChI is InChI=1S/C22H13ClFN3OS/c23-18-11-16(9-10-19(18)24)27-21(28)17-3-1-2-4-20(17)26-22(27)29-13-15-7-5-14(12-25)6-8-15/h1-11H,13H2. The van der Waals surface area contributed by atoms with Crippen molar-refractivity contribution in [1.82, 2.24) is 9.55 Å². The molecule has 7 heteroatoms. The van der Waals surface area contributed by atoms with Gasteiger partial charge >= 0.3 is 0 Å². The summed E-state index contributed by atoms with van der Waals surface area (Å²) in [5, 5.41) is 9.81. The number of rotatable bonds is 4. The third kappa shape index (κ3) is 3.88. The highest BCUT2D eigenvalue weighted by atomic mass is 35.5. The number of hydrogen-bond donors (Lipinski definition) is 0. The van der Waals surface area contributed by atoms with E-state index in [-0.39, 0.29) is 10.6 Å². The Kier molecular flexibility index (Phi) is 5.34. The Labute approximate surface area is 175 Å². The van der Waals surface area contributed by atoms with E-state index in [0.717, 1.165) is 5.56 Å². The molecule has 0 aliphatic carbocycles. The maximum Gasteiger partial charge on any atom is 0.266 e. The summed E-state index contributed by atoms with van der Waals surface area (Å²) in [7, 11) is 0. The minimum absolute atomic E-state index is 0.0643. The van der Waals surface area contributed by atoms with Crippen LogP contribution in [0, 0.1) is 17.1 Å². The highest BCUT2D eigenvalue weighted by Crippen LogP contribution is 2.26. The maximum absolute atomic E-state index is 13.6. The Morgan fingerprint density at radius 3 is 2.59 bits per heavy atom. The van der Waals surface area contributed by atoms with Gasteiger partial charge in [0, 0.05) is 5.75 Å². The quantitative estimate of drug-likeness (QED) is 0.329. The Balaban J connectivity index is 1.81. The van der Waals surface area contributed by atoms with Crippen LogP contribution in [-0.2, 0) is 5.75 Å². The molecule has 1 aromatic heterocycles. The van der Waals surface area contributed by atoms with E-state index >= 15 is 0 Å². The number of fused-ring (bicyclic) bond motifs is 1. The SMILES string of the molecule is N#Cc1ccc(CSc2nc3ccccc3c(=O)n2-c2ccc(F)c(Cl)c2)cc1. The first-order chi connectivity index (χ1) is 14.1. The van der Waals surface area contributed by atoms with Gasteiger partial charge in [0.15, 0.2) is 5.16 Å². The first-order valence-corrected chi connectivity index (χ1v) is 10.0. The maximum atomic E-state index is 13.6. The fourth-order valence-electron chi connectivity index (χ4n) is 2.88. The average molecular weight is 422 g/mol. The molecule has 3 aromatic carbocycles. The normalized spacial score (nSPS) is 10.8. The van der Waals surface area contributed by atoms with Crippen molar-refractivity contribution in [2.75, 3.05) is 0 Å². The van der Waals surface area contributed by atoms with Crippen LogP contribution >= 0.6 is 23.4 Å². The molecule has 29 heavy (non-hydrogen) atoms. The van der Waals surface area contributed by atoms with E-state index in [1.54, 1.807) is 30.3 Å². The van der Waals surface area contributed by atoms with E-state index in [0.29, 0.717) is 33.1 Å². The number of nitrogens with zero attached hydrogens (tertiary/aromatic N) is 3. The van der Waals surface area contributed by atoms with Crippen LogP contribution in [-0.4, -0.2) is 9.55 Å². The second-order valence-electron chi connectivity index (χ2n) is 6.25. The molecular weight excluding hydrogens is 409 g/mol. The van der Waals surface area contributed by atoms with Gasteiger partial charge in [-0.25, -0.2) is 9.37 Å². The molecule has 0 aliphatic rings. The predicted molar refractivity (Wildman–Crippen MR) is 113 cm³/mol. The number of benzene rings is 3. The van der Waals surface area contributed by atoms with E-state index in [4.69, 9.17) is 16.9 Å². The molecule has 0 saturated heterocycles. The van der Waals surface area contributed by atoms with Gasteiger partial charge < -0.3 is 0 Å². The smallest absolute Gasteiger partial charge is 0.266 e. The molecule has 0 spiro atoms. The lowest BCUT2D eigenvalue weighted by molar-refractivity contribution is 0.627. The van der Waals surface area contributed by atoms with Crippen molar-refractivity contribution in [2.24, 2.45) is 0 Å². The van der Waals surface area contributed by atoms with Crippen molar-refractivity contribution in [3.8, 4) is 11.8 Å². The number of hydrogen-bond acceptors (Lipinski definition) is 4. The van der Waals surface area contributed by atoms with Crippen LogP contribution < -0.4 is 5.56 Å². The lowest BCUT2D eigenvalue weighted by atomic mass is 10.2. The summed E-state index contributed by atoms with van der Waals surface area (Å²) < 4.78 is 15.1. The monoisotopic (exact) mass is 421 g/mol. The molecule has 0 fully saturated rings. The van der Waals surface area contributed by atoms with Gasteiger partial charge in [0.2, 0.25) is 0 Å². The molecule has 4 rings (SSSR count). The summed E-state index contributed by atoms with van der Waals surface area (Å²) in [4.78, 5) is 17.8. The third-order valence-electron chi connectivity index (χ3n) is 4.36. The van der Waals surface area contributed by atoms with Gasteiger partial charge in [-0.15, -0.1) is 0 Å². The van der Waals surface area contributed by atoms with Crippen LogP contribution in [0.2, 0.25) is 5.02 Å². The van der Waals surface area contributed by atoms with Gasteiger partial charge in [0.25, 0.3) is 5.56 Å². The third-order valence-corrected chi connectivity index (χ3v) is 5.66. The molecule has 0 bridgehead atoms. The Bertz CT molecular complexity index is 1310. The van der Waals surface area contributed by atoms with Crippen molar-refractivity contribution >= 4 is 34.3 Å². The fourth-order valence-corrected chi connectivity index (χ4v) is 4.03. The molecule has 1 heterocycles. The van der Waals surface area contributed by atoms with E-state index in [9.17, 15) is 9.18 Å². The Morgan fingerprint density at radius 2 is 1.86 bits per heavy atom. The van der Waals surface area contributed by atoms with E-state index in [2.05, 4.69) is 11.1 Å². The zero-order chi connectivity index (χ0) is 20.4. The van der Waals surface area contributed by atoms with Gasteiger partial charge in [-0.1, -0.05) is 47.6 Å². The average Bonchev–Trinajstić information content (AvgIpc) is 2.75. The number of para-hydroxylation sites is 1. The molecule has 0 amide bonds. The molecule has 0 radical (unpaired) electrons. The Morgan fingerprint density at radius 1 is 1.10 bits per heavy atom. The van der Waals surface area contributed by atoms with Crippen molar-refractivity contribution in [3.05, 3.63) is 99.1 Å². The zero-order valence-electron chi connectivity index (χ0n) is 15.0. The summed E-state index contributed by atoms with van der Waals surface area (Å²) in [6.45, 7) is 0. The zero-order valence-corrected chi connectivity index (χ0v) is 16.5. The first-order valence-electron chi connectivity index (χ1n) is 8.66. The van der Waals surface area contributed by atoms with E-state index < -0.39 is 5.82 Å². The lowest BCUT2D eigenvalue weighted by Gasteiger charge is -2.13. The summed E-state index contributed by atoms with van der Waals surface area (Å²) in [6, 6.07) is 20.6. The minimum Gasteiger partial charge on any atom is -0.268 e. The van der Waals surface area contributed by atoms with Crippen LogP contribution in [0.4, 0.5) is 4.39 Å². The molecule has 142 valence electrons. The highest BCUT2D eigenvalue weighted by Gasteiger charge is 2.14. The second-order valence-corrected chi connectivity index (χ2v) is 7.60. The van der Waals surface area contributed by atoms with E-state index in [1.165, 1.54) is 34.5 Å². The van der Waals surface area contributed by atoms with Gasteiger partial charge in [-0.3, -0.25) is 9.36 Å². The number of aromatic nitrogens is 2. The van der Waals surface area contributed by atoms with Gasteiger partial charge in [-0.05, 0) is 48.0 Å². The van der Waals surface area contributed by atoms with Crippen molar-refractivity contribution in [2.45, 2.75) is 10.9 Å². The summed E-state index contributed by atoms with van der Waals surface area (Å²) in [6.07, 6.45) is 0.